The van der Waals surface area contributed by atoms with Gasteiger partial charge in [-0.2, -0.15) is 0 Å². The van der Waals surface area contributed by atoms with Gasteiger partial charge in [-0.05, 0) is 53.2 Å². The molecule has 0 spiro atoms. The van der Waals surface area contributed by atoms with E-state index in [4.69, 9.17) is 0 Å². The van der Waals surface area contributed by atoms with E-state index < -0.39 is 0 Å². The number of aromatic nitrogens is 1. The summed E-state index contributed by atoms with van der Waals surface area (Å²) in [5.74, 6) is 0. The Morgan fingerprint density at radius 2 is 2.05 bits per heavy atom. The summed E-state index contributed by atoms with van der Waals surface area (Å²) >= 11 is 5.12. The average Bonchev–Trinajstić information content (AvgIpc) is 2.44. The Labute approximate surface area is 127 Å². The Bertz CT molecular complexity index is 524. The predicted molar refractivity (Wildman–Crippen MR) is 84.6 cm³/mol. The third kappa shape index (κ3) is 3.81. The van der Waals surface area contributed by atoms with Gasteiger partial charge in [0.25, 0.3) is 0 Å². The molecule has 0 bridgehead atoms. The maximum atomic E-state index is 4.42. The van der Waals surface area contributed by atoms with Crippen molar-refractivity contribution in [2.45, 2.75) is 29.3 Å². The van der Waals surface area contributed by atoms with Crippen molar-refractivity contribution in [3.8, 4) is 0 Å². The summed E-state index contributed by atoms with van der Waals surface area (Å²) in [6.07, 6.45) is 2.90. The summed E-state index contributed by atoms with van der Waals surface area (Å²) in [5, 5.41) is 4.38. The summed E-state index contributed by atoms with van der Waals surface area (Å²) < 4.78 is 1.01. The number of rotatable bonds is 5. The quantitative estimate of drug-likeness (QED) is 0.858. The van der Waals surface area contributed by atoms with Crippen molar-refractivity contribution in [2.75, 3.05) is 7.05 Å². The molecule has 1 N–H and O–H groups in total. The van der Waals surface area contributed by atoms with Crippen molar-refractivity contribution < 1.29 is 0 Å². The van der Waals surface area contributed by atoms with Gasteiger partial charge in [0.15, 0.2) is 0 Å². The van der Waals surface area contributed by atoms with Gasteiger partial charge in [0.1, 0.15) is 5.03 Å². The molecule has 1 aromatic carbocycles. The Morgan fingerprint density at radius 1 is 1.26 bits per heavy atom. The molecule has 0 saturated heterocycles. The highest BCUT2D eigenvalue weighted by Crippen LogP contribution is 2.33. The van der Waals surface area contributed by atoms with Gasteiger partial charge in [0, 0.05) is 21.6 Å². The van der Waals surface area contributed by atoms with Gasteiger partial charge < -0.3 is 5.32 Å². The van der Waals surface area contributed by atoms with E-state index in [9.17, 15) is 0 Å². The van der Waals surface area contributed by atoms with Crippen molar-refractivity contribution in [1.82, 2.24) is 10.3 Å². The van der Waals surface area contributed by atoms with Crippen molar-refractivity contribution in [1.29, 1.82) is 0 Å². The van der Waals surface area contributed by atoms with E-state index in [0.717, 1.165) is 15.9 Å². The molecule has 2 rings (SSSR count). The Morgan fingerprint density at radius 3 is 2.68 bits per heavy atom. The molecule has 2 nitrogen and oxygen atoms in total. The van der Waals surface area contributed by atoms with Crippen LogP contribution < -0.4 is 5.32 Å². The monoisotopic (exact) mass is 336 g/mol. The van der Waals surface area contributed by atoms with Crippen LogP contribution >= 0.6 is 27.7 Å². The first-order valence-corrected chi connectivity index (χ1v) is 7.91. The summed E-state index contributed by atoms with van der Waals surface area (Å²) in [6.45, 7) is 2.19. The topological polar surface area (TPSA) is 24.9 Å². The third-order valence-electron chi connectivity index (χ3n) is 2.97. The second-order valence-corrected chi connectivity index (χ2v) is 6.18. The lowest BCUT2D eigenvalue weighted by Gasteiger charge is -2.17. The van der Waals surface area contributed by atoms with Crippen molar-refractivity contribution in [2.24, 2.45) is 0 Å². The fourth-order valence-electron chi connectivity index (χ4n) is 1.98. The first kappa shape index (κ1) is 14.6. The number of nitrogens with one attached hydrogen (secondary N) is 1. The zero-order chi connectivity index (χ0) is 13.7. The Hall–Kier alpha value is -0.840. The Kier molecular flexibility index (Phi) is 5.43. The van der Waals surface area contributed by atoms with Gasteiger partial charge in [-0.1, -0.05) is 36.9 Å². The zero-order valence-corrected chi connectivity index (χ0v) is 13.5. The van der Waals surface area contributed by atoms with E-state index in [1.165, 1.54) is 10.5 Å². The molecule has 100 valence electrons. The highest BCUT2D eigenvalue weighted by atomic mass is 79.9. The van der Waals surface area contributed by atoms with Crippen LogP contribution in [0.5, 0.6) is 0 Å². The van der Waals surface area contributed by atoms with Crippen LogP contribution in [-0.2, 0) is 0 Å². The second-order valence-electron chi connectivity index (χ2n) is 4.20. The highest BCUT2D eigenvalue weighted by molar-refractivity contribution is 9.10. The van der Waals surface area contributed by atoms with E-state index in [-0.39, 0.29) is 0 Å². The first-order chi connectivity index (χ1) is 9.24. The summed E-state index contributed by atoms with van der Waals surface area (Å²) in [7, 11) is 2.01. The molecule has 1 aromatic heterocycles. The number of pyridine rings is 1. The zero-order valence-electron chi connectivity index (χ0n) is 11.1. The summed E-state index contributed by atoms with van der Waals surface area (Å²) in [6, 6.07) is 13.0. The molecule has 0 aliphatic heterocycles. The number of hydrogen-bond acceptors (Lipinski definition) is 3. The molecule has 1 unspecified atom stereocenters. The maximum Gasteiger partial charge on any atom is 0.101 e. The standard InChI is InChI=1S/C15H17BrN2S/c1-3-13(17-2)12-6-4-5-7-14(12)19-15-9-8-11(16)10-18-15/h4-10,13,17H,3H2,1-2H3. The predicted octanol–water partition coefficient (Wildman–Crippen LogP) is 4.67. The number of hydrogen-bond donors (Lipinski definition) is 1. The summed E-state index contributed by atoms with van der Waals surface area (Å²) in [4.78, 5) is 5.68. The van der Waals surface area contributed by atoms with Gasteiger partial charge >= 0.3 is 0 Å². The minimum Gasteiger partial charge on any atom is -0.313 e. The van der Waals surface area contributed by atoms with Gasteiger partial charge in [0.05, 0.1) is 0 Å². The molecule has 0 fully saturated rings. The second kappa shape index (κ2) is 7.08. The van der Waals surface area contributed by atoms with Crippen molar-refractivity contribution >= 4 is 27.7 Å². The average molecular weight is 337 g/mol. The maximum absolute atomic E-state index is 4.42. The fourth-order valence-corrected chi connectivity index (χ4v) is 3.15. The fraction of sp³-hybridized carbons (Fsp3) is 0.267. The minimum atomic E-state index is 0.388. The number of halogens is 1. The first-order valence-electron chi connectivity index (χ1n) is 6.30. The lowest BCUT2D eigenvalue weighted by molar-refractivity contribution is 0.568. The molecule has 0 saturated carbocycles. The molecule has 19 heavy (non-hydrogen) atoms. The van der Waals surface area contributed by atoms with Crippen LogP contribution in [0.1, 0.15) is 24.9 Å². The van der Waals surface area contributed by atoms with Crippen molar-refractivity contribution in [3.63, 3.8) is 0 Å². The van der Waals surface area contributed by atoms with Crippen LogP contribution in [0.2, 0.25) is 0 Å². The van der Waals surface area contributed by atoms with E-state index in [2.05, 4.69) is 57.4 Å². The largest absolute Gasteiger partial charge is 0.313 e. The third-order valence-corrected chi connectivity index (χ3v) is 4.48. The SMILES string of the molecule is CCC(NC)c1ccccc1Sc1ccc(Br)cn1. The van der Waals surface area contributed by atoms with Crippen LogP contribution in [0.15, 0.2) is 57.0 Å². The molecule has 1 heterocycles. The smallest absolute Gasteiger partial charge is 0.101 e. The van der Waals surface area contributed by atoms with Crippen LogP contribution in [0, 0.1) is 0 Å². The molecule has 0 aliphatic carbocycles. The summed E-state index contributed by atoms with van der Waals surface area (Å²) in [5.41, 5.74) is 1.34. The highest BCUT2D eigenvalue weighted by Gasteiger charge is 2.12. The molecular formula is C15H17BrN2S. The lowest BCUT2D eigenvalue weighted by atomic mass is 10.1. The number of benzene rings is 1. The van der Waals surface area contributed by atoms with Gasteiger partial charge in [-0.3, -0.25) is 0 Å². The van der Waals surface area contributed by atoms with Gasteiger partial charge in [-0.25, -0.2) is 4.98 Å². The minimum absolute atomic E-state index is 0.388. The van der Waals surface area contributed by atoms with E-state index >= 15 is 0 Å². The van der Waals surface area contributed by atoms with E-state index in [1.807, 2.05) is 25.4 Å². The van der Waals surface area contributed by atoms with Gasteiger partial charge in [0.2, 0.25) is 0 Å². The van der Waals surface area contributed by atoms with E-state index in [1.54, 1.807) is 11.8 Å². The molecule has 0 aliphatic rings. The molecule has 0 amide bonds. The van der Waals surface area contributed by atoms with Crippen LogP contribution in [0.25, 0.3) is 0 Å². The normalized spacial score (nSPS) is 12.4. The lowest BCUT2D eigenvalue weighted by Crippen LogP contribution is -2.15. The molecule has 0 radical (unpaired) electrons. The molecule has 4 heteroatoms. The van der Waals surface area contributed by atoms with Crippen LogP contribution in [-0.4, -0.2) is 12.0 Å². The Balaban J connectivity index is 2.27. The van der Waals surface area contributed by atoms with Crippen LogP contribution in [0.4, 0.5) is 0 Å². The van der Waals surface area contributed by atoms with Crippen molar-refractivity contribution in [3.05, 3.63) is 52.6 Å². The molecular weight excluding hydrogens is 320 g/mol. The molecule has 1 atom stereocenters. The molecule has 2 aromatic rings. The van der Waals surface area contributed by atoms with E-state index in [0.29, 0.717) is 6.04 Å². The van der Waals surface area contributed by atoms with Crippen LogP contribution in [0.3, 0.4) is 0 Å². The van der Waals surface area contributed by atoms with Gasteiger partial charge in [-0.15, -0.1) is 0 Å². The number of nitrogens with zero attached hydrogens (tertiary/aromatic N) is 1.